The van der Waals surface area contributed by atoms with Gasteiger partial charge in [0.25, 0.3) is 0 Å². The van der Waals surface area contributed by atoms with Crippen molar-refractivity contribution in [1.29, 1.82) is 0 Å². The highest BCUT2D eigenvalue weighted by Gasteiger charge is 2.22. The number of carboxylic acid groups (broad SMARTS) is 1. The van der Waals surface area contributed by atoms with Crippen LogP contribution in [0, 0.1) is 0 Å². The van der Waals surface area contributed by atoms with E-state index in [0.717, 1.165) is 17.7 Å². The molecule has 0 bridgehead atoms. The van der Waals surface area contributed by atoms with E-state index >= 15 is 0 Å². The van der Waals surface area contributed by atoms with E-state index in [1.165, 1.54) is 0 Å². The van der Waals surface area contributed by atoms with Crippen LogP contribution < -0.4 is 21.5 Å². The summed E-state index contributed by atoms with van der Waals surface area (Å²) in [4.78, 5) is 26.3. The number of carbonyl (C=O) groups is 2. The monoisotopic (exact) mass is 334 g/mol. The highest BCUT2D eigenvalue weighted by molar-refractivity contribution is 5.79. The molecule has 24 heavy (non-hydrogen) atoms. The maximum absolute atomic E-state index is 11.8. The Kier molecular flexibility index (Phi) is 6.00. The number of rotatable bonds is 7. The predicted octanol–water partition coefficient (Wildman–Crippen LogP) is 0.829. The summed E-state index contributed by atoms with van der Waals surface area (Å²) < 4.78 is 5.63. The summed E-state index contributed by atoms with van der Waals surface area (Å²) in [6.07, 6.45) is 1.71. The summed E-state index contributed by atoms with van der Waals surface area (Å²) in [6, 6.07) is 5.48. The van der Waals surface area contributed by atoms with Crippen LogP contribution in [0.5, 0.6) is 5.75 Å². The Bertz CT molecular complexity index is 641. The van der Waals surface area contributed by atoms with Gasteiger partial charge >= 0.3 is 5.97 Å². The first-order chi connectivity index (χ1) is 11.5. The highest BCUT2D eigenvalue weighted by Crippen LogP contribution is 2.38. The molecule has 1 heterocycles. The van der Waals surface area contributed by atoms with Gasteiger partial charge in [0.15, 0.2) is 5.96 Å². The molecule has 6 N–H and O–H groups in total. The molecule has 0 spiro atoms. The quantitative estimate of drug-likeness (QED) is 0.430. The molecule has 0 radical (unpaired) electrons. The smallest absolute Gasteiger partial charge is 0.305 e. The van der Waals surface area contributed by atoms with Gasteiger partial charge in [-0.15, -0.1) is 0 Å². The number of guanidine groups is 1. The van der Waals surface area contributed by atoms with Gasteiger partial charge < -0.3 is 26.6 Å². The SMILES string of the molecule is NC(N)=Nc1ccc2c(c1)C(CCC(=O)NCCC(=O)O)CCO2. The first-order valence-electron chi connectivity index (χ1n) is 7.80. The first-order valence-corrected chi connectivity index (χ1v) is 7.80. The molecule has 2 rings (SSSR count). The topological polar surface area (TPSA) is 140 Å². The first kappa shape index (κ1) is 17.6. The second-order valence-electron chi connectivity index (χ2n) is 5.63. The number of carboxylic acids is 1. The van der Waals surface area contributed by atoms with Crippen molar-refractivity contribution in [2.45, 2.75) is 31.6 Å². The third kappa shape index (κ3) is 5.15. The van der Waals surface area contributed by atoms with Gasteiger partial charge in [-0.05, 0) is 42.5 Å². The summed E-state index contributed by atoms with van der Waals surface area (Å²) in [5.41, 5.74) is 12.4. The van der Waals surface area contributed by atoms with Crippen molar-refractivity contribution in [1.82, 2.24) is 5.32 Å². The van der Waals surface area contributed by atoms with Crippen LogP contribution in [0.1, 0.15) is 37.2 Å². The standard InChI is InChI=1S/C16H22N4O4/c17-16(18)20-11-2-3-13-12(9-11)10(6-8-24-13)1-4-14(21)19-7-5-15(22)23/h2-3,9-10H,1,4-8H2,(H,19,21)(H,22,23)(H4,17,18,20). The van der Waals surface area contributed by atoms with Gasteiger partial charge in [0.05, 0.1) is 18.7 Å². The maximum Gasteiger partial charge on any atom is 0.305 e. The summed E-state index contributed by atoms with van der Waals surface area (Å²) in [5, 5.41) is 11.2. The van der Waals surface area contributed by atoms with Crippen molar-refractivity contribution in [2.24, 2.45) is 16.5 Å². The summed E-state index contributed by atoms with van der Waals surface area (Å²) in [6.45, 7) is 0.743. The molecule has 1 aliphatic rings. The number of amides is 1. The van der Waals surface area contributed by atoms with Crippen LogP contribution >= 0.6 is 0 Å². The van der Waals surface area contributed by atoms with E-state index in [2.05, 4.69) is 10.3 Å². The molecule has 1 amide bonds. The average Bonchev–Trinajstić information content (AvgIpc) is 2.52. The van der Waals surface area contributed by atoms with Crippen LogP contribution in [0.3, 0.4) is 0 Å². The second-order valence-corrected chi connectivity index (χ2v) is 5.63. The van der Waals surface area contributed by atoms with E-state index in [1.807, 2.05) is 12.1 Å². The molecule has 130 valence electrons. The van der Waals surface area contributed by atoms with E-state index < -0.39 is 5.97 Å². The molecular weight excluding hydrogens is 312 g/mol. The molecular formula is C16H22N4O4. The molecule has 1 aromatic rings. The molecule has 0 saturated heterocycles. The number of hydrogen-bond donors (Lipinski definition) is 4. The minimum absolute atomic E-state index is 0.0129. The molecule has 0 saturated carbocycles. The molecule has 8 nitrogen and oxygen atoms in total. The van der Waals surface area contributed by atoms with Gasteiger partial charge in [0.1, 0.15) is 5.75 Å². The largest absolute Gasteiger partial charge is 0.493 e. The van der Waals surface area contributed by atoms with E-state index in [1.54, 1.807) is 6.07 Å². The number of carbonyl (C=O) groups excluding carboxylic acids is 1. The Labute approximate surface area is 139 Å². The highest BCUT2D eigenvalue weighted by atomic mass is 16.5. The number of nitrogens with two attached hydrogens (primary N) is 2. The van der Waals surface area contributed by atoms with Crippen LogP contribution in [-0.4, -0.2) is 36.1 Å². The lowest BCUT2D eigenvalue weighted by atomic mass is 9.88. The minimum Gasteiger partial charge on any atom is -0.493 e. The predicted molar refractivity (Wildman–Crippen MR) is 89.3 cm³/mol. The van der Waals surface area contributed by atoms with Crippen LogP contribution in [0.15, 0.2) is 23.2 Å². The van der Waals surface area contributed by atoms with Gasteiger partial charge in [-0.3, -0.25) is 9.59 Å². The lowest BCUT2D eigenvalue weighted by Gasteiger charge is -2.26. The number of ether oxygens (including phenoxy) is 1. The van der Waals surface area contributed by atoms with Crippen molar-refractivity contribution in [3.05, 3.63) is 23.8 Å². The van der Waals surface area contributed by atoms with Crippen LogP contribution in [0.25, 0.3) is 0 Å². The second kappa shape index (κ2) is 8.19. The Morgan fingerprint density at radius 1 is 1.33 bits per heavy atom. The number of fused-ring (bicyclic) bond motifs is 1. The van der Waals surface area contributed by atoms with E-state index in [9.17, 15) is 9.59 Å². The summed E-state index contributed by atoms with van der Waals surface area (Å²) in [5.74, 6) is -0.133. The van der Waals surface area contributed by atoms with Crippen molar-refractivity contribution in [3.63, 3.8) is 0 Å². The Hall–Kier alpha value is -2.77. The van der Waals surface area contributed by atoms with Crippen LogP contribution in [0.2, 0.25) is 0 Å². The van der Waals surface area contributed by atoms with Crippen molar-refractivity contribution >= 4 is 23.5 Å². The maximum atomic E-state index is 11.8. The molecule has 1 unspecified atom stereocenters. The summed E-state index contributed by atoms with van der Waals surface area (Å²) in [7, 11) is 0. The average molecular weight is 334 g/mol. The van der Waals surface area contributed by atoms with Crippen molar-refractivity contribution < 1.29 is 19.4 Å². The molecule has 0 fully saturated rings. The molecule has 1 aromatic carbocycles. The fourth-order valence-corrected chi connectivity index (χ4v) is 2.67. The zero-order valence-corrected chi connectivity index (χ0v) is 13.3. The Morgan fingerprint density at radius 2 is 2.12 bits per heavy atom. The van der Waals surface area contributed by atoms with Gasteiger partial charge in [-0.2, -0.15) is 0 Å². The molecule has 8 heteroatoms. The zero-order valence-electron chi connectivity index (χ0n) is 13.3. The summed E-state index contributed by atoms with van der Waals surface area (Å²) >= 11 is 0. The fourth-order valence-electron chi connectivity index (χ4n) is 2.67. The van der Waals surface area contributed by atoms with Crippen molar-refractivity contribution in [3.8, 4) is 5.75 Å². The Morgan fingerprint density at radius 3 is 2.83 bits per heavy atom. The van der Waals surface area contributed by atoms with Gasteiger partial charge in [-0.25, -0.2) is 4.99 Å². The van der Waals surface area contributed by atoms with Crippen LogP contribution in [-0.2, 0) is 9.59 Å². The molecule has 0 aliphatic carbocycles. The number of nitrogens with zero attached hydrogens (tertiary/aromatic N) is 1. The van der Waals surface area contributed by atoms with Gasteiger partial charge in [-0.1, -0.05) is 0 Å². The number of hydrogen-bond acceptors (Lipinski definition) is 4. The van der Waals surface area contributed by atoms with E-state index in [0.29, 0.717) is 25.1 Å². The normalized spacial score (nSPS) is 15.8. The molecule has 1 aliphatic heterocycles. The molecule has 0 aromatic heterocycles. The number of benzene rings is 1. The fraction of sp³-hybridized carbons (Fsp3) is 0.438. The molecule has 1 atom stereocenters. The van der Waals surface area contributed by atoms with Gasteiger partial charge in [0, 0.05) is 13.0 Å². The third-order valence-electron chi connectivity index (χ3n) is 3.80. The van der Waals surface area contributed by atoms with Gasteiger partial charge in [0.2, 0.25) is 5.91 Å². The lowest BCUT2D eigenvalue weighted by Crippen LogP contribution is -2.26. The zero-order chi connectivity index (χ0) is 17.5. The number of nitrogens with one attached hydrogen (secondary N) is 1. The lowest BCUT2D eigenvalue weighted by molar-refractivity contribution is -0.136. The van der Waals surface area contributed by atoms with Crippen molar-refractivity contribution in [2.75, 3.05) is 13.2 Å². The third-order valence-corrected chi connectivity index (χ3v) is 3.80. The van der Waals surface area contributed by atoms with E-state index in [-0.39, 0.29) is 30.8 Å². The minimum atomic E-state index is -0.930. The van der Waals surface area contributed by atoms with Crippen LogP contribution in [0.4, 0.5) is 5.69 Å². The number of aliphatic imine (C=N–C) groups is 1. The van der Waals surface area contributed by atoms with E-state index in [4.69, 9.17) is 21.3 Å². The number of aliphatic carboxylic acids is 1. The Balaban J connectivity index is 1.97.